The predicted octanol–water partition coefficient (Wildman–Crippen LogP) is 3.41. The Morgan fingerprint density at radius 1 is 0.938 bits per heavy atom. The molecule has 0 bridgehead atoms. The van der Waals surface area contributed by atoms with E-state index in [4.69, 9.17) is 10.5 Å². The minimum absolute atomic E-state index is 0.00546. The lowest BCUT2D eigenvalue weighted by molar-refractivity contribution is 0.228. The van der Waals surface area contributed by atoms with Crippen molar-refractivity contribution in [1.29, 1.82) is 0 Å². The van der Waals surface area contributed by atoms with Gasteiger partial charge < -0.3 is 10.5 Å². The highest BCUT2D eigenvalue weighted by atomic mass is 16.5. The fourth-order valence-corrected chi connectivity index (χ4v) is 1.57. The molecule has 1 unspecified atom stereocenters. The molecule has 82 valence electrons. The first kappa shape index (κ1) is 10.6. The van der Waals surface area contributed by atoms with Gasteiger partial charge in [0, 0.05) is 0 Å². The number of nitrogen functional groups attached to an aromatic ring is 1. The van der Waals surface area contributed by atoms with Crippen molar-refractivity contribution < 1.29 is 4.74 Å². The second kappa shape index (κ2) is 4.71. The molecule has 2 aromatic rings. The van der Waals surface area contributed by atoms with Crippen molar-refractivity contribution in [3.63, 3.8) is 0 Å². The summed E-state index contributed by atoms with van der Waals surface area (Å²) >= 11 is 0. The number of anilines is 1. The highest BCUT2D eigenvalue weighted by Gasteiger charge is 2.07. The summed E-state index contributed by atoms with van der Waals surface area (Å²) in [5.74, 6) is 0.735. The zero-order chi connectivity index (χ0) is 11.4. The predicted molar refractivity (Wildman–Crippen MR) is 66.3 cm³/mol. The number of para-hydroxylation sites is 2. The zero-order valence-electron chi connectivity index (χ0n) is 9.26. The van der Waals surface area contributed by atoms with Crippen molar-refractivity contribution in [2.24, 2.45) is 0 Å². The summed E-state index contributed by atoms with van der Waals surface area (Å²) in [5.41, 5.74) is 7.64. The van der Waals surface area contributed by atoms with Crippen LogP contribution >= 0.6 is 0 Å². The normalized spacial score (nSPS) is 12.1. The van der Waals surface area contributed by atoms with Crippen LogP contribution in [0.1, 0.15) is 18.6 Å². The largest absolute Gasteiger partial charge is 0.484 e. The van der Waals surface area contributed by atoms with Crippen LogP contribution in [-0.2, 0) is 0 Å². The van der Waals surface area contributed by atoms with Gasteiger partial charge in [0.25, 0.3) is 0 Å². The molecule has 2 aromatic carbocycles. The molecule has 2 nitrogen and oxygen atoms in total. The van der Waals surface area contributed by atoms with E-state index in [1.54, 1.807) is 0 Å². The quantitative estimate of drug-likeness (QED) is 0.793. The third-order valence-corrected chi connectivity index (χ3v) is 2.49. The Balaban J connectivity index is 2.14. The van der Waals surface area contributed by atoms with E-state index >= 15 is 0 Å². The Labute approximate surface area is 95.7 Å². The van der Waals surface area contributed by atoms with Crippen molar-refractivity contribution in [2.75, 3.05) is 5.73 Å². The van der Waals surface area contributed by atoms with Gasteiger partial charge in [-0.2, -0.15) is 0 Å². The van der Waals surface area contributed by atoms with Crippen molar-refractivity contribution >= 4 is 5.69 Å². The minimum Gasteiger partial charge on any atom is -0.484 e. The van der Waals surface area contributed by atoms with Crippen LogP contribution in [-0.4, -0.2) is 0 Å². The van der Waals surface area contributed by atoms with Crippen molar-refractivity contribution in [1.82, 2.24) is 0 Å². The van der Waals surface area contributed by atoms with Crippen LogP contribution in [0.5, 0.6) is 5.75 Å². The molecule has 2 heteroatoms. The Bertz CT molecular complexity index is 453. The van der Waals surface area contributed by atoms with Gasteiger partial charge in [0.1, 0.15) is 11.9 Å². The SMILES string of the molecule is CC(Oc1ccccc1N)c1ccccc1. The van der Waals surface area contributed by atoms with Gasteiger partial charge in [-0.05, 0) is 24.6 Å². The van der Waals surface area contributed by atoms with Crippen LogP contribution in [0.3, 0.4) is 0 Å². The molecule has 0 fully saturated rings. The molecule has 0 aliphatic rings. The van der Waals surface area contributed by atoms with Crippen LogP contribution in [0.2, 0.25) is 0 Å². The lowest BCUT2D eigenvalue weighted by atomic mass is 10.1. The lowest BCUT2D eigenvalue weighted by Gasteiger charge is -2.16. The molecule has 0 amide bonds. The van der Waals surface area contributed by atoms with Gasteiger partial charge in [-0.25, -0.2) is 0 Å². The number of hydrogen-bond acceptors (Lipinski definition) is 2. The van der Waals surface area contributed by atoms with Gasteiger partial charge >= 0.3 is 0 Å². The Hall–Kier alpha value is -1.96. The van der Waals surface area contributed by atoms with E-state index in [1.807, 2.05) is 61.5 Å². The Kier molecular flexibility index (Phi) is 3.10. The number of ether oxygens (including phenoxy) is 1. The van der Waals surface area contributed by atoms with E-state index in [-0.39, 0.29) is 6.10 Å². The van der Waals surface area contributed by atoms with E-state index in [2.05, 4.69) is 0 Å². The molecule has 0 saturated heterocycles. The van der Waals surface area contributed by atoms with E-state index in [0.29, 0.717) is 5.69 Å². The first-order valence-electron chi connectivity index (χ1n) is 5.33. The third kappa shape index (κ3) is 2.34. The highest BCUT2D eigenvalue weighted by Crippen LogP contribution is 2.26. The first-order valence-corrected chi connectivity index (χ1v) is 5.33. The van der Waals surface area contributed by atoms with E-state index in [1.165, 1.54) is 0 Å². The zero-order valence-corrected chi connectivity index (χ0v) is 9.26. The number of rotatable bonds is 3. The van der Waals surface area contributed by atoms with Gasteiger partial charge in [0.2, 0.25) is 0 Å². The third-order valence-electron chi connectivity index (χ3n) is 2.49. The van der Waals surface area contributed by atoms with Gasteiger partial charge in [-0.15, -0.1) is 0 Å². The van der Waals surface area contributed by atoms with E-state index in [9.17, 15) is 0 Å². The van der Waals surface area contributed by atoms with Crippen LogP contribution < -0.4 is 10.5 Å². The van der Waals surface area contributed by atoms with Crippen LogP contribution in [0, 0.1) is 0 Å². The summed E-state index contributed by atoms with van der Waals surface area (Å²) in [6.07, 6.45) is 0.00546. The number of benzene rings is 2. The van der Waals surface area contributed by atoms with Gasteiger partial charge in [0.15, 0.2) is 0 Å². The standard InChI is InChI=1S/C14H15NO/c1-11(12-7-3-2-4-8-12)16-14-10-6-5-9-13(14)15/h2-11H,15H2,1H3. The first-order chi connectivity index (χ1) is 7.77. The molecule has 0 radical (unpaired) electrons. The molecule has 0 aliphatic carbocycles. The number of nitrogens with two attached hydrogens (primary N) is 1. The topological polar surface area (TPSA) is 35.2 Å². The summed E-state index contributed by atoms with van der Waals surface area (Å²) in [4.78, 5) is 0. The maximum absolute atomic E-state index is 5.82. The molecule has 2 rings (SSSR count). The van der Waals surface area contributed by atoms with Gasteiger partial charge in [-0.3, -0.25) is 0 Å². The van der Waals surface area contributed by atoms with Crippen LogP contribution in [0.25, 0.3) is 0 Å². The summed E-state index contributed by atoms with van der Waals surface area (Å²) < 4.78 is 5.81. The molecule has 0 aromatic heterocycles. The fourth-order valence-electron chi connectivity index (χ4n) is 1.57. The molecular formula is C14H15NO. The van der Waals surface area contributed by atoms with E-state index < -0.39 is 0 Å². The molecular weight excluding hydrogens is 198 g/mol. The van der Waals surface area contributed by atoms with Gasteiger partial charge in [-0.1, -0.05) is 42.5 Å². The number of hydrogen-bond donors (Lipinski definition) is 1. The fraction of sp³-hybridized carbons (Fsp3) is 0.143. The second-order valence-corrected chi connectivity index (χ2v) is 3.71. The minimum atomic E-state index is 0.00546. The molecule has 0 spiro atoms. The Morgan fingerprint density at radius 3 is 2.25 bits per heavy atom. The molecule has 0 saturated carbocycles. The molecule has 1 atom stereocenters. The van der Waals surface area contributed by atoms with Crippen molar-refractivity contribution in [3.05, 3.63) is 60.2 Å². The average molecular weight is 213 g/mol. The smallest absolute Gasteiger partial charge is 0.143 e. The molecule has 16 heavy (non-hydrogen) atoms. The van der Waals surface area contributed by atoms with E-state index in [0.717, 1.165) is 11.3 Å². The molecule has 2 N–H and O–H groups in total. The monoisotopic (exact) mass is 213 g/mol. The lowest BCUT2D eigenvalue weighted by Crippen LogP contribution is -2.04. The molecule has 0 heterocycles. The maximum atomic E-state index is 5.82. The second-order valence-electron chi connectivity index (χ2n) is 3.71. The summed E-state index contributed by atoms with van der Waals surface area (Å²) in [6.45, 7) is 2.02. The summed E-state index contributed by atoms with van der Waals surface area (Å²) in [6, 6.07) is 17.6. The van der Waals surface area contributed by atoms with Crippen molar-refractivity contribution in [2.45, 2.75) is 13.0 Å². The summed E-state index contributed by atoms with van der Waals surface area (Å²) in [7, 11) is 0. The maximum Gasteiger partial charge on any atom is 0.143 e. The summed E-state index contributed by atoms with van der Waals surface area (Å²) in [5, 5.41) is 0. The van der Waals surface area contributed by atoms with Gasteiger partial charge in [0.05, 0.1) is 5.69 Å². The van der Waals surface area contributed by atoms with Crippen molar-refractivity contribution in [3.8, 4) is 5.75 Å². The highest BCUT2D eigenvalue weighted by molar-refractivity contribution is 5.52. The van der Waals surface area contributed by atoms with Crippen LogP contribution in [0.4, 0.5) is 5.69 Å². The molecule has 0 aliphatic heterocycles. The Morgan fingerprint density at radius 2 is 1.56 bits per heavy atom. The average Bonchev–Trinajstić information content (AvgIpc) is 2.33. The van der Waals surface area contributed by atoms with Crippen LogP contribution in [0.15, 0.2) is 54.6 Å².